The molecule has 3 aromatic carbocycles. The molecule has 0 bridgehead atoms. The molecule has 3 atom stereocenters. The van der Waals surface area contributed by atoms with E-state index in [2.05, 4.69) is 21.2 Å². The van der Waals surface area contributed by atoms with Gasteiger partial charge in [0.15, 0.2) is 0 Å². The number of rotatable bonds is 5. The number of thiazole rings is 1. The number of nitrogens with one attached hydrogen (secondary N) is 1. The number of halogens is 3. The molecule has 3 unspecified atom stereocenters. The molecule has 4 aromatic rings. The van der Waals surface area contributed by atoms with Gasteiger partial charge in [0.2, 0.25) is 17.7 Å². The molecule has 2 aliphatic rings. The molecule has 12 heteroatoms. The van der Waals surface area contributed by atoms with Crippen LogP contribution in [-0.4, -0.2) is 27.5 Å². The molecule has 1 fully saturated rings. The first-order valence-electron chi connectivity index (χ1n) is 12.1. The topological polar surface area (TPSA) is 88.5 Å². The van der Waals surface area contributed by atoms with E-state index in [1.165, 1.54) is 9.47 Å². The standard InChI is InChI=1S/C28H18BrCl2N3O4S2/c29-14-9-11-16(12-10-14)34-25(36)21-20(17-7-4-8-18(30)22(17)31)24-27(39-23(21)26(34)37)33(28(38)40-24)13-19(35)32-15-5-2-1-3-6-15/h1-12,20-21,23H,13H2,(H,32,35). The van der Waals surface area contributed by atoms with E-state index in [-0.39, 0.29) is 28.3 Å². The zero-order valence-electron chi connectivity index (χ0n) is 20.3. The van der Waals surface area contributed by atoms with Crippen molar-refractivity contribution in [3.05, 3.63) is 107 Å². The smallest absolute Gasteiger partial charge is 0.308 e. The molecule has 7 nitrogen and oxygen atoms in total. The molecule has 0 aliphatic carbocycles. The number of amides is 3. The predicted molar refractivity (Wildman–Crippen MR) is 162 cm³/mol. The third kappa shape index (κ3) is 4.71. The van der Waals surface area contributed by atoms with Gasteiger partial charge in [-0.25, -0.2) is 4.90 Å². The van der Waals surface area contributed by atoms with Crippen molar-refractivity contribution in [2.24, 2.45) is 5.92 Å². The molecule has 1 N–H and O–H groups in total. The number of fused-ring (bicyclic) bond motifs is 2. The summed E-state index contributed by atoms with van der Waals surface area (Å²) in [7, 11) is 0. The number of anilines is 2. The van der Waals surface area contributed by atoms with Crippen LogP contribution in [0.1, 0.15) is 16.4 Å². The van der Waals surface area contributed by atoms with Crippen molar-refractivity contribution in [2.45, 2.75) is 22.7 Å². The van der Waals surface area contributed by atoms with Crippen LogP contribution < -0.4 is 15.1 Å². The normalized spacial score (nSPS) is 19.9. The number of para-hydroxylation sites is 1. The predicted octanol–water partition coefficient (Wildman–Crippen LogP) is 6.41. The van der Waals surface area contributed by atoms with Gasteiger partial charge in [-0.05, 0) is 48.0 Å². The average Bonchev–Trinajstić information content (AvgIpc) is 3.38. The largest absolute Gasteiger partial charge is 0.325 e. The second-order valence-electron chi connectivity index (χ2n) is 9.21. The summed E-state index contributed by atoms with van der Waals surface area (Å²) in [5.41, 5.74) is 1.60. The molecule has 202 valence electrons. The van der Waals surface area contributed by atoms with Crippen molar-refractivity contribution in [3.8, 4) is 0 Å². The maximum Gasteiger partial charge on any atom is 0.308 e. The fourth-order valence-corrected chi connectivity index (χ4v) is 8.52. The van der Waals surface area contributed by atoms with E-state index in [9.17, 15) is 19.2 Å². The summed E-state index contributed by atoms with van der Waals surface area (Å²) in [6.07, 6.45) is 0. The Morgan fingerprint density at radius 1 is 0.925 bits per heavy atom. The minimum atomic E-state index is -0.832. The first kappa shape index (κ1) is 27.3. The van der Waals surface area contributed by atoms with Crippen LogP contribution in [0, 0.1) is 5.92 Å². The van der Waals surface area contributed by atoms with Crippen LogP contribution in [0.3, 0.4) is 0 Å². The number of benzene rings is 3. The van der Waals surface area contributed by atoms with Crippen molar-refractivity contribution in [3.63, 3.8) is 0 Å². The number of imide groups is 1. The lowest BCUT2D eigenvalue weighted by Crippen LogP contribution is -2.33. The molecule has 40 heavy (non-hydrogen) atoms. The van der Waals surface area contributed by atoms with Crippen LogP contribution in [0.4, 0.5) is 11.4 Å². The van der Waals surface area contributed by atoms with Gasteiger partial charge in [0.05, 0.1) is 26.7 Å². The van der Waals surface area contributed by atoms with Crippen molar-refractivity contribution < 1.29 is 14.4 Å². The highest BCUT2D eigenvalue weighted by Crippen LogP contribution is 2.55. The van der Waals surface area contributed by atoms with E-state index in [0.717, 1.165) is 27.6 Å². The fraction of sp³-hybridized carbons (Fsp3) is 0.143. The monoisotopic (exact) mass is 673 g/mol. The Morgan fingerprint density at radius 3 is 2.38 bits per heavy atom. The number of thioether (sulfide) groups is 1. The Bertz CT molecular complexity index is 1730. The Labute approximate surface area is 255 Å². The molecule has 1 saturated heterocycles. The van der Waals surface area contributed by atoms with Gasteiger partial charge in [-0.2, -0.15) is 0 Å². The fourth-order valence-electron chi connectivity index (χ4n) is 5.06. The Hall–Kier alpha value is -2.89. The summed E-state index contributed by atoms with van der Waals surface area (Å²) in [6.45, 7) is -0.251. The van der Waals surface area contributed by atoms with Crippen molar-refractivity contribution >= 4 is 91.3 Å². The zero-order chi connectivity index (χ0) is 28.1. The van der Waals surface area contributed by atoms with Crippen LogP contribution in [0.15, 0.2) is 87.1 Å². The molecule has 1 aromatic heterocycles. The van der Waals surface area contributed by atoms with Gasteiger partial charge in [-0.3, -0.25) is 23.7 Å². The lowest BCUT2D eigenvalue weighted by molar-refractivity contribution is -0.122. The Balaban J connectivity index is 1.45. The first-order chi connectivity index (χ1) is 19.2. The lowest BCUT2D eigenvalue weighted by atomic mass is 9.83. The van der Waals surface area contributed by atoms with Crippen molar-refractivity contribution in [1.29, 1.82) is 0 Å². The summed E-state index contributed by atoms with van der Waals surface area (Å²) in [6, 6.07) is 21.0. The Kier molecular flexibility index (Phi) is 7.39. The number of hydrogen-bond acceptors (Lipinski definition) is 6. The van der Waals surface area contributed by atoms with Gasteiger partial charge in [0, 0.05) is 21.0 Å². The van der Waals surface area contributed by atoms with Gasteiger partial charge in [-0.15, -0.1) is 0 Å². The number of hydrogen-bond donors (Lipinski definition) is 1. The second kappa shape index (κ2) is 10.8. The highest BCUT2D eigenvalue weighted by Gasteiger charge is 2.57. The molecule has 0 saturated carbocycles. The highest BCUT2D eigenvalue weighted by atomic mass is 79.9. The minimum absolute atomic E-state index is 0.251. The number of nitrogens with zero attached hydrogens (tertiary/aromatic N) is 2. The van der Waals surface area contributed by atoms with Gasteiger partial charge < -0.3 is 5.32 Å². The molecule has 3 amide bonds. The summed E-state index contributed by atoms with van der Waals surface area (Å²) in [5.74, 6) is -2.70. The van der Waals surface area contributed by atoms with E-state index in [0.29, 0.717) is 31.9 Å². The van der Waals surface area contributed by atoms with Crippen LogP contribution in [-0.2, 0) is 20.9 Å². The first-order valence-corrected chi connectivity index (χ1v) is 15.3. The van der Waals surface area contributed by atoms with E-state index in [1.807, 2.05) is 6.07 Å². The molecule has 3 heterocycles. The summed E-state index contributed by atoms with van der Waals surface area (Å²) < 4.78 is 2.18. The van der Waals surface area contributed by atoms with E-state index >= 15 is 0 Å². The van der Waals surface area contributed by atoms with Crippen LogP contribution in [0.25, 0.3) is 0 Å². The summed E-state index contributed by atoms with van der Waals surface area (Å²) >= 11 is 18.5. The van der Waals surface area contributed by atoms with Gasteiger partial charge >= 0.3 is 4.87 Å². The third-order valence-corrected chi connectivity index (χ3v) is 10.8. The quantitative estimate of drug-likeness (QED) is 0.247. The molecule has 6 rings (SSSR count). The summed E-state index contributed by atoms with van der Waals surface area (Å²) in [5, 5.41) is 2.98. The van der Waals surface area contributed by atoms with Crippen LogP contribution in [0.5, 0.6) is 0 Å². The van der Waals surface area contributed by atoms with E-state index in [4.69, 9.17) is 23.2 Å². The molecule has 0 radical (unpaired) electrons. The van der Waals surface area contributed by atoms with E-state index < -0.39 is 23.0 Å². The number of carbonyl (C=O) groups is 3. The Morgan fingerprint density at radius 2 is 1.65 bits per heavy atom. The number of aromatic nitrogens is 1. The number of carbonyl (C=O) groups excluding carboxylic acids is 3. The molecular weight excluding hydrogens is 657 g/mol. The van der Waals surface area contributed by atoms with Crippen molar-refractivity contribution in [1.82, 2.24) is 4.57 Å². The average molecular weight is 675 g/mol. The highest BCUT2D eigenvalue weighted by molar-refractivity contribution is 9.10. The van der Waals surface area contributed by atoms with Gasteiger partial charge in [0.1, 0.15) is 11.8 Å². The SMILES string of the molecule is O=C(Cn1c2c(sc1=O)C(c1cccc(Cl)c1Cl)C1C(=O)N(c3ccc(Br)cc3)C(=O)C1S2)Nc1ccccc1. The van der Waals surface area contributed by atoms with E-state index in [1.54, 1.807) is 66.7 Å². The molecule has 2 aliphatic heterocycles. The lowest BCUT2D eigenvalue weighted by Gasteiger charge is -2.31. The van der Waals surface area contributed by atoms with Crippen LogP contribution in [0.2, 0.25) is 10.0 Å². The minimum Gasteiger partial charge on any atom is -0.325 e. The molecule has 0 spiro atoms. The second-order valence-corrected chi connectivity index (χ2v) is 13.0. The zero-order valence-corrected chi connectivity index (χ0v) is 25.1. The third-order valence-electron chi connectivity index (χ3n) is 6.81. The van der Waals surface area contributed by atoms with Crippen molar-refractivity contribution in [2.75, 3.05) is 10.2 Å². The van der Waals surface area contributed by atoms with Gasteiger partial charge in [-0.1, -0.05) is 92.6 Å². The maximum absolute atomic E-state index is 14.0. The maximum atomic E-state index is 14.0. The van der Waals surface area contributed by atoms with Crippen LogP contribution >= 0.6 is 62.2 Å². The summed E-state index contributed by atoms with van der Waals surface area (Å²) in [4.78, 5) is 55.4. The van der Waals surface area contributed by atoms with Gasteiger partial charge in [0.25, 0.3) is 0 Å². The molecular formula is C28H18BrCl2N3O4S2.